The second kappa shape index (κ2) is 6.08. The Morgan fingerprint density at radius 1 is 1.33 bits per heavy atom. The summed E-state index contributed by atoms with van der Waals surface area (Å²) >= 11 is 1.86. The molecule has 4 heteroatoms. The maximum atomic E-state index is 6.22. The molecule has 0 bridgehead atoms. The van der Waals surface area contributed by atoms with Gasteiger partial charge in [-0.05, 0) is 43.8 Å². The maximum absolute atomic E-state index is 6.22. The van der Waals surface area contributed by atoms with Gasteiger partial charge in [0.05, 0.1) is 7.11 Å². The molecule has 2 aromatic rings. The summed E-state index contributed by atoms with van der Waals surface area (Å²) in [4.78, 5) is 2.73. The number of rotatable bonds is 4. The summed E-state index contributed by atoms with van der Waals surface area (Å²) in [6, 6.07) is 10.7. The highest BCUT2D eigenvalue weighted by molar-refractivity contribution is 7.12. The standard InChI is InChI=1S/C17H21NO2S/c1-4-12-6-8-17(21-12)16-10-14(18-2)13-9-11(19-3)5-7-15(13)20-16/h5-9,14,16,18H,4,10H2,1-3H3. The van der Waals surface area contributed by atoms with Crippen molar-refractivity contribution in [3.05, 3.63) is 45.6 Å². The summed E-state index contributed by atoms with van der Waals surface area (Å²) in [6.07, 6.45) is 2.16. The van der Waals surface area contributed by atoms with Crippen LogP contribution in [-0.2, 0) is 6.42 Å². The maximum Gasteiger partial charge on any atom is 0.135 e. The first kappa shape index (κ1) is 14.4. The number of hydrogen-bond donors (Lipinski definition) is 1. The van der Waals surface area contributed by atoms with Crippen molar-refractivity contribution in [1.29, 1.82) is 0 Å². The second-order valence-corrected chi connectivity index (χ2v) is 6.44. The quantitative estimate of drug-likeness (QED) is 0.922. The lowest BCUT2D eigenvalue weighted by Gasteiger charge is -2.32. The van der Waals surface area contributed by atoms with Gasteiger partial charge in [0.2, 0.25) is 0 Å². The summed E-state index contributed by atoms with van der Waals surface area (Å²) < 4.78 is 11.5. The number of fused-ring (bicyclic) bond motifs is 1. The predicted octanol–water partition coefficient (Wildman–Crippen LogP) is 4.10. The van der Waals surface area contributed by atoms with E-state index < -0.39 is 0 Å². The van der Waals surface area contributed by atoms with Gasteiger partial charge in [0.25, 0.3) is 0 Å². The fourth-order valence-electron chi connectivity index (χ4n) is 2.78. The molecule has 21 heavy (non-hydrogen) atoms. The van der Waals surface area contributed by atoms with Crippen molar-refractivity contribution in [2.75, 3.05) is 14.2 Å². The van der Waals surface area contributed by atoms with E-state index >= 15 is 0 Å². The highest BCUT2D eigenvalue weighted by Crippen LogP contribution is 2.43. The zero-order valence-corrected chi connectivity index (χ0v) is 13.5. The molecule has 0 spiro atoms. The van der Waals surface area contributed by atoms with E-state index in [9.17, 15) is 0 Å². The Morgan fingerprint density at radius 3 is 2.86 bits per heavy atom. The fourth-order valence-corrected chi connectivity index (χ4v) is 3.78. The van der Waals surface area contributed by atoms with Crippen LogP contribution in [-0.4, -0.2) is 14.2 Å². The third kappa shape index (κ3) is 2.78. The molecular weight excluding hydrogens is 282 g/mol. The Kier molecular flexibility index (Phi) is 4.17. The average Bonchev–Trinajstić information content (AvgIpc) is 3.02. The lowest BCUT2D eigenvalue weighted by atomic mass is 9.95. The Morgan fingerprint density at radius 2 is 2.19 bits per heavy atom. The van der Waals surface area contributed by atoms with Crippen LogP contribution in [0.2, 0.25) is 0 Å². The van der Waals surface area contributed by atoms with Gasteiger partial charge in [0.1, 0.15) is 17.6 Å². The predicted molar refractivity (Wildman–Crippen MR) is 86.5 cm³/mol. The number of thiophene rings is 1. The van der Waals surface area contributed by atoms with Crippen LogP contribution in [0.1, 0.15) is 40.8 Å². The molecule has 2 atom stereocenters. The molecule has 1 aliphatic heterocycles. The Balaban J connectivity index is 1.91. The van der Waals surface area contributed by atoms with Crippen LogP contribution in [0.3, 0.4) is 0 Å². The highest BCUT2D eigenvalue weighted by Gasteiger charge is 2.29. The summed E-state index contributed by atoms with van der Waals surface area (Å²) in [5, 5.41) is 3.40. The van der Waals surface area contributed by atoms with Crippen LogP contribution in [0.5, 0.6) is 11.5 Å². The average molecular weight is 303 g/mol. The van der Waals surface area contributed by atoms with Gasteiger partial charge in [-0.25, -0.2) is 0 Å². The van der Waals surface area contributed by atoms with Crippen molar-refractivity contribution in [2.45, 2.75) is 31.9 Å². The highest BCUT2D eigenvalue weighted by atomic mass is 32.1. The normalized spacial score (nSPS) is 20.7. The smallest absolute Gasteiger partial charge is 0.135 e. The summed E-state index contributed by atoms with van der Waals surface area (Å²) in [5.74, 6) is 1.83. The van der Waals surface area contributed by atoms with Crippen molar-refractivity contribution < 1.29 is 9.47 Å². The van der Waals surface area contributed by atoms with Gasteiger partial charge >= 0.3 is 0 Å². The third-order valence-corrected chi connectivity index (χ3v) is 5.33. The van der Waals surface area contributed by atoms with Crippen LogP contribution in [0.15, 0.2) is 30.3 Å². The number of methoxy groups -OCH3 is 1. The topological polar surface area (TPSA) is 30.5 Å². The SMILES string of the molecule is CCc1ccc(C2CC(NC)c3cc(OC)ccc3O2)s1. The minimum absolute atomic E-state index is 0.133. The first-order valence-corrected chi connectivity index (χ1v) is 8.17. The molecule has 1 aliphatic rings. The summed E-state index contributed by atoms with van der Waals surface area (Å²) in [7, 11) is 3.70. The van der Waals surface area contributed by atoms with E-state index in [1.165, 1.54) is 15.3 Å². The zero-order valence-electron chi connectivity index (χ0n) is 12.7. The van der Waals surface area contributed by atoms with E-state index in [4.69, 9.17) is 9.47 Å². The molecule has 0 amide bonds. The molecule has 2 heterocycles. The largest absolute Gasteiger partial charge is 0.497 e. The molecule has 0 aliphatic carbocycles. The summed E-state index contributed by atoms with van der Waals surface area (Å²) in [6.45, 7) is 2.19. The van der Waals surface area contributed by atoms with Crippen molar-refractivity contribution in [1.82, 2.24) is 5.32 Å². The fraction of sp³-hybridized carbons (Fsp3) is 0.412. The Hall–Kier alpha value is -1.52. The first-order chi connectivity index (χ1) is 10.2. The molecule has 1 aromatic heterocycles. The summed E-state index contributed by atoms with van der Waals surface area (Å²) in [5.41, 5.74) is 1.18. The van der Waals surface area contributed by atoms with Crippen molar-refractivity contribution in [2.24, 2.45) is 0 Å². The van der Waals surface area contributed by atoms with Gasteiger partial charge < -0.3 is 14.8 Å². The minimum Gasteiger partial charge on any atom is -0.497 e. The van der Waals surface area contributed by atoms with Crippen molar-refractivity contribution in [3.8, 4) is 11.5 Å². The Bertz CT molecular complexity index is 623. The molecular formula is C17H21NO2S. The van der Waals surface area contributed by atoms with Crippen LogP contribution in [0, 0.1) is 0 Å². The monoisotopic (exact) mass is 303 g/mol. The molecule has 3 rings (SSSR count). The molecule has 2 unspecified atom stereocenters. The number of hydrogen-bond acceptors (Lipinski definition) is 4. The van der Waals surface area contributed by atoms with E-state index in [2.05, 4.69) is 30.4 Å². The van der Waals surface area contributed by atoms with Crippen molar-refractivity contribution >= 4 is 11.3 Å². The molecule has 1 aromatic carbocycles. The Labute approximate surface area is 129 Å². The number of nitrogens with one attached hydrogen (secondary N) is 1. The van der Waals surface area contributed by atoms with E-state index in [1.54, 1.807) is 7.11 Å². The van der Waals surface area contributed by atoms with Gasteiger partial charge in [-0.3, -0.25) is 0 Å². The lowest BCUT2D eigenvalue weighted by molar-refractivity contribution is 0.157. The molecule has 0 fully saturated rings. The van der Waals surface area contributed by atoms with E-state index in [0.29, 0.717) is 6.04 Å². The number of ether oxygens (including phenoxy) is 2. The van der Waals surface area contributed by atoms with Gasteiger partial charge in [0, 0.05) is 27.8 Å². The van der Waals surface area contributed by atoms with Crippen LogP contribution in [0.25, 0.3) is 0 Å². The van der Waals surface area contributed by atoms with Gasteiger partial charge in [-0.15, -0.1) is 11.3 Å². The van der Waals surface area contributed by atoms with Crippen LogP contribution < -0.4 is 14.8 Å². The first-order valence-electron chi connectivity index (χ1n) is 7.35. The van der Waals surface area contributed by atoms with E-state index in [-0.39, 0.29) is 6.10 Å². The second-order valence-electron chi connectivity index (χ2n) is 5.24. The van der Waals surface area contributed by atoms with E-state index in [1.807, 2.05) is 30.5 Å². The third-order valence-electron chi connectivity index (χ3n) is 4.01. The van der Waals surface area contributed by atoms with E-state index in [0.717, 1.165) is 24.3 Å². The molecule has 0 saturated heterocycles. The van der Waals surface area contributed by atoms with Crippen LogP contribution >= 0.6 is 11.3 Å². The van der Waals surface area contributed by atoms with Gasteiger partial charge in [0.15, 0.2) is 0 Å². The molecule has 112 valence electrons. The molecule has 1 N–H and O–H groups in total. The van der Waals surface area contributed by atoms with Gasteiger partial charge in [-0.2, -0.15) is 0 Å². The lowest BCUT2D eigenvalue weighted by Crippen LogP contribution is -2.26. The minimum atomic E-state index is 0.133. The molecule has 0 saturated carbocycles. The van der Waals surface area contributed by atoms with Crippen LogP contribution in [0.4, 0.5) is 0 Å². The van der Waals surface area contributed by atoms with Crippen molar-refractivity contribution in [3.63, 3.8) is 0 Å². The zero-order chi connectivity index (χ0) is 14.8. The molecule has 0 radical (unpaired) electrons. The molecule has 3 nitrogen and oxygen atoms in total. The number of aryl methyl sites for hydroxylation is 1. The number of benzene rings is 1. The van der Waals surface area contributed by atoms with Gasteiger partial charge in [-0.1, -0.05) is 6.92 Å².